The van der Waals surface area contributed by atoms with Crippen molar-refractivity contribution in [2.45, 2.75) is 32.7 Å². The van der Waals surface area contributed by atoms with Crippen LogP contribution in [0.3, 0.4) is 0 Å². The third-order valence-corrected chi connectivity index (χ3v) is 1.28. The Hall–Kier alpha value is -0.610. The number of rotatable bonds is 3. The summed E-state index contributed by atoms with van der Waals surface area (Å²) in [5.41, 5.74) is -0.989. The predicted octanol–water partition coefficient (Wildman–Crippen LogP) is 0.293. The molecule has 0 saturated heterocycles. The van der Waals surface area contributed by atoms with Gasteiger partial charge in [0, 0.05) is 7.11 Å². The number of carbonyl (C=O) groups is 1. The van der Waals surface area contributed by atoms with Crippen molar-refractivity contribution in [1.82, 2.24) is 0 Å². The zero-order chi connectivity index (χ0) is 9.07. The Balaban J connectivity index is 4.02. The van der Waals surface area contributed by atoms with Crippen LogP contribution in [-0.2, 0) is 14.3 Å². The number of esters is 1. The van der Waals surface area contributed by atoms with Gasteiger partial charge >= 0.3 is 5.97 Å². The first-order valence-electron chi connectivity index (χ1n) is 3.34. The number of ether oxygens (including phenoxy) is 2. The lowest BCUT2D eigenvalue weighted by molar-refractivity contribution is -0.185. The van der Waals surface area contributed by atoms with E-state index in [0.717, 1.165) is 0 Å². The molecule has 0 aromatic rings. The highest BCUT2D eigenvalue weighted by Gasteiger charge is 2.29. The summed E-state index contributed by atoms with van der Waals surface area (Å²) in [7, 11) is 1.41. The van der Waals surface area contributed by atoms with Crippen LogP contribution < -0.4 is 0 Å². The molecule has 0 aromatic carbocycles. The molecule has 0 aromatic heterocycles. The van der Waals surface area contributed by atoms with Crippen molar-refractivity contribution in [1.29, 1.82) is 0 Å². The summed E-state index contributed by atoms with van der Waals surface area (Å²) < 4.78 is 9.31. The lowest BCUT2D eigenvalue weighted by atomic mass is 10.1. The fraction of sp³-hybridized carbons (Fsp3) is 0.857. The van der Waals surface area contributed by atoms with Crippen LogP contribution >= 0.6 is 0 Å². The smallest absolute Gasteiger partial charge is 0.340 e. The number of hydrogen-bond donors (Lipinski definition) is 1. The van der Waals surface area contributed by atoms with Crippen molar-refractivity contribution >= 4 is 5.97 Å². The SMILES string of the molecule is COC(C)(C)C(=O)OC(C)O. The molecule has 0 fully saturated rings. The Bertz CT molecular complexity index is 139. The van der Waals surface area contributed by atoms with E-state index in [9.17, 15) is 4.79 Å². The highest BCUT2D eigenvalue weighted by molar-refractivity contribution is 5.78. The highest BCUT2D eigenvalue weighted by Crippen LogP contribution is 2.10. The molecular weight excluding hydrogens is 148 g/mol. The topological polar surface area (TPSA) is 55.8 Å². The molecule has 4 nitrogen and oxygen atoms in total. The molecule has 0 aliphatic carbocycles. The average molecular weight is 162 g/mol. The highest BCUT2D eigenvalue weighted by atomic mass is 16.7. The molecule has 1 unspecified atom stereocenters. The maximum atomic E-state index is 11.0. The number of aliphatic hydroxyl groups is 1. The normalized spacial score (nSPS) is 14.3. The monoisotopic (exact) mass is 162 g/mol. The lowest BCUT2D eigenvalue weighted by Crippen LogP contribution is -2.37. The van der Waals surface area contributed by atoms with Crippen LogP contribution in [0.15, 0.2) is 0 Å². The van der Waals surface area contributed by atoms with E-state index in [4.69, 9.17) is 9.84 Å². The van der Waals surface area contributed by atoms with Crippen molar-refractivity contribution < 1.29 is 19.4 Å². The van der Waals surface area contributed by atoms with Crippen LogP contribution in [0.5, 0.6) is 0 Å². The van der Waals surface area contributed by atoms with Crippen LogP contribution in [0.25, 0.3) is 0 Å². The van der Waals surface area contributed by atoms with E-state index >= 15 is 0 Å². The van der Waals surface area contributed by atoms with Crippen LogP contribution in [-0.4, -0.2) is 30.1 Å². The molecule has 4 heteroatoms. The van der Waals surface area contributed by atoms with E-state index < -0.39 is 17.9 Å². The van der Waals surface area contributed by atoms with Crippen LogP contribution in [0.1, 0.15) is 20.8 Å². The third-order valence-electron chi connectivity index (χ3n) is 1.28. The molecule has 1 N–H and O–H groups in total. The Morgan fingerprint density at radius 1 is 1.55 bits per heavy atom. The van der Waals surface area contributed by atoms with Gasteiger partial charge in [-0.3, -0.25) is 0 Å². The first kappa shape index (κ1) is 10.4. The molecule has 0 amide bonds. The number of aliphatic hydroxyl groups excluding tert-OH is 1. The van der Waals surface area contributed by atoms with Gasteiger partial charge in [-0.25, -0.2) is 4.79 Å². The minimum atomic E-state index is -1.09. The van der Waals surface area contributed by atoms with Gasteiger partial charge in [-0.15, -0.1) is 0 Å². The van der Waals surface area contributed by atoms with Crippen molar-refractivity contribution in [3.8, 4) is 0 Å². The Morgan fingerprint density at radius 2 is 2.00 bits per heavy atom. The van der Waals surface area contributed by atoms with Gasteiger partial charge in [-0.1, -0.05) is 0 Å². The van der Waals surface area contributed by atoms with Crippen molar-refractivity contribution in [2.24, 2.45) is 0 Å². The number of carbonyl (C=O) groups excluding carboxylic acids is 1. The maximum absolute atomic E-state index is 11.0. The largest absolute Gasteiger partial charge is 0.434 e. The minimum Gasteiger partial charge on any atom is -0.434 e. The van der Waals surface area contributed by atoms with Gasteiger partial charge < -0.3 is 14.6 Å². The molecular formula is C7H14O4. The van der Waals surface area contributed by atoms with Gasteiger partial charge in [0.25, 0.3) is 0 Å². The summed E-state index contributed by atoms with van der Waals surface area (Å²) in [6, 6.07) is 0. The molecule has 11 heavy (non-hydrogen) atoms. The fourth-order valence-electron chi connectivity index (χ4n) is 0.380. The van der Waals surface area contributed by atoms with Gasteiger partial charge in [-0.05, 0) is 20.8 Å². The second-order valence-electron chi connectivity index (χ2n) is 2.72. The van der Waals surface area contributed by atoms with Crippen LogP contribution in [0.2, 0.25) is 0 Å². The molecule has 1 atom stereocenters. The Kier molecular flexibility index (Phi) is 3.48. The molecule has 0 aliphatic rings. The lowest BCUT2D eigenvalue weighted by Gasteiger charge is -2.21. The second kappa shape index (κ2) is 3.69. The summed E-state index contributed by atoms with van der Waals surface area (Å²) in [6.45, 7) is 4.50. The van der Waals surface area contributed by atoms with Gasteiger partial charge in [0.05, 0.1) is 0 Å². The maximum Gasteiger partial charge on any atom is 0.340 e. The van der Waals surface area contributed by atoms with E-state index in [-0.39, 0.29) is 0 Å². The quantitative estimate of drug-likeness (QED) is 0.478. The summed E-state index contributed by atoms with van der Waals surface area (Å²) in [4.78, 5) is 11.0. The standard InChI is InChI=1S/C7H14O4/c1-5(8)11-6(9)7(2,3)10-4/h5,8H,1-4H3. The summed E-state index contributed by atoms with van der Waals surface area (Å²) in [5, 5.41) is 8.68. The summed E-state index contributed by atoms with van der Waals surface area (Å²) >= 11 is 0. The van der Waals surface area contributed by atoms with Crippen LogP contribution in [0.4, 0.5) is 0 Å². The van der Waals surface area contributed by atoms with Crippen LogP contribution in [0, 0.1) is 0 Å². The molecule has 66 valence electrons. The average Bonchev–Trinajstić information content (AvgIpc) is 1.86. The predicted molar refractivity (Wildman–Crippen MR) is 38.9 cm³/mol. The molecule has 0 radical (unpaired) electrons. The van der Waals surface area contributed by atoms with E-state index in [1.165, 1.54) is 14.0 Å². The molecule has 0 saturated carbocycles. The van der Waals surface area contributed by atoms with Gasteiger partial charge in [0.15, 0.2) is 11.9 Å². The third kappa shape index (κ3) is 3.34. The van der Waals surface area contributed by atoms with Crippen molar-refractivity contribution in [2.75, 3.05) is 7.11 Å². The van der Waals surface area contributed by atoms with E-state index in [1.807, 2.05) is 0 Å². The molecule has 0 bridgehead atoms. The van der Waals surface area contributed by atoms with Gasteiger partial charge in [0.1, 0.15) is 0 Å². The fourth-order valence-corrected chi connectivity index (χ4v) is 0.380. The first-order valence-corrected chi connectivity index (χ1v) is 3.34. The van der Waals surface area contributed by atoms with E-state index in [0.29, 0.717) is 0 Å². The molecule has 0 aliphatic heterocycles. The molecule has 0 spiro atoms. The molecule has 0 rings (SSSR count). The van der Waals surface area contributed by atoms with Crippen molar-refractivity contribution in [3.05, 3.63) is 0 Å². The Labute approximate surface area is 66.1 Å². The Morgan fingerprint density at radius 3 is 2.27 bits per heavy atom. The van der Waals surface area contributed by atoms with E-state index in [2.05, 4.69) is 4.74 Å². The summed E-state index contributed by atoms with van der Waals surface area (Å²) in [5.74, 6) is -0.574. The number of methoxy groups -OCH3 is 1. The minimum absolute atomic E-state index is 0.574. The first-order chi connectivity index (χ1) is 4.90. The van der Waals surface area contributed by atoms with Crippen molar-refractivity contribution in [3.63, 3.8) is 0 Å². The zero-order valence-corrected chi connectivity index (χ0v) is 7.25. The van der Waals surface area contributed by atoms with Gasteiger partial charge in [-0.2, -0.15) is 0 Å². The molecule has 0 heterocycles. The zero-order valence-electron chi connectivity index (χ0n) is 7.25. The second-order valence-corrected chi connectivity index (χ2v) is 2.72. The summed E-state index contributed by atoms with van der Waals surface area (Å²) in [6.07, 6.45) is -1.09. The van der Waals surface area contributed by atoms with Gasteiger partial charge in [0.2, 0.25) is 0 Å². The van der Waals surface area contributed by atoms with E-state index in [1.54, 1.807) is 13.8 Å². The number of hydrogen-bond acceptors (Lipinski definition) is 4.